The molecule has 2 aromatic carbocycles. The average Bonchev–Trinajstić information content (AvgIpc) is 3.08. The molecule has 0 atom stereocenters. The van der Waals surface area contributed by atoms with Crippen molar-refractivity contribution in [1.82, 2.24) is 14.7 Å². The maximum atomic E-state index is 13.2. The van der Waals surface area contributed by atoms with Crippen LogP contribution in [0.5, 0.6) is 0 Å². The lowest BCUT2D eigenvalue weighted by atomic mass is 10.2. The lowest BCUT2D eigenvalue weighted by Crippen LogP contribution is -2.26. The van der Waals surface area contributed by atoms with Crippen LogP contribution in [0.25, 0.3) is 5.69 Å². The third kappa shape index (κ3) is 5.17. The zero-order chi connectivity index (χ0) is 24.3. The number of hydrogen-bond acceptors (Lipinski definition) is 4. The Morgan fingerprint density at radius 2 is 1.88 bits per heavy atom. The van der Waals surface area contributed by atoms with Crippen molar-refractivity contribution >= 4 is 27.5 Å². The van der Waals surface area contributed by atoms with Gasteiger partial charge in [0.1, 0.15) is 11.7 Å². The molecule has 0 radical (unpaired) electrons. The number of likely N-dealkylation sites (tertiary alicyclic amines) is 1. The van der Waals surface area contributed by atoms with Gasteiger partial charge in [0.2, 0.25) is 0 Å². The lowest BCUT2D eigenvalue weighted by molar-refractivity contribution is 0.102. The van der Waals surface area contributed by atoms with E-state index in [1.165, 1.54) is 35.1 Å². The van der Waals surface area contributed by atoms with Gasteiger partial charge in [0.15, 0.2) is 0 Å². The number of nitrogens with one attached hydrogen (secondary N) is 1. The van der Waals surface area contributed by atoms with Crippen molar-refractivity contribution in [3.8, 4) is 5.69 Å². The van der Waals surface area contributed by atoms with Crippen LogP contribution in [0.1, 0.15) is 41.7 Å². The van der Waals surface area contributed by atoms with Crippen molar-refractivity contribution in [2.75, 3.05) is 18.9 Å². The molecule has 1 aliphatic heterocycles. The topological polar surface area (TPSA) is 96.7 Å². The minimum Gasteiger partial charge on any atom is -0.362 e. The van der Waals surface area contributed by atoms with E-state index in [4.69, 9.17) is 0 Å². The molecule has 8 nitrogen and oxygen atoms in total. The van der Waals surface area contributed by atoms with Gasteiger partial charge in [-0.1, -0.05) is 12.5 Å². The van der Waals surface area contributed by atoms with E-state index in [2.05, 4.69) is 14.8 Å². The zero-order valence-electron chi connectivity index (χ0n) is 19.0. The van der Waals surface area contributed by atoms with E-state index in [0.29, 0.717) is 34.9 Å². The van der Waals surface area contributed by atoms with Gasteiger partial charge in [-0.2, -0.15) is 13.5 Å². The predicted molar refractivity (Wildman–Crippen MR) is 128 cm³/mol. The number of amides is 1. The van der Waals surface area contributed by atoms with Crippen LogP contribution in [-0.2, 0) is 10.0 Å². The molecule has 1 N–H and O–H groups in total. The standard InChI is InChI=1S/C24H26FN5O3S/c1-17-22(16-26-30(17)20-12-10-18(25)11-13-20)24(31)27-19-7-6-8-21(15-19)34(32,33)28-23-9-4-3-5-14-29(23)2/h6-8,10-13,15-16H,3-5,9,14H2,1-2H3,(H,27,31)/b28-23+. The number of rotatable bonds is 5. The van der Waals surface area contributed by atoms with Crippen LogP contribution in [-0.4, -0.2) is 48.4 Å². The summed E-state index contributed by atoms with van der Waals surface area (Å²) in [5.74, 6) is -0.247. The van der Waals surface area contributed by atoms with Gasteiger partial charge in [-0.3, -0.25) is 4.79 Å². The molecule has 34 heavy (non-hydrogen) atoms. The van der Waals surface area contributed by atoms with Gasteiger partial charge in [0.25, 0.3) is 15.9 Å². The summed E-state index contributed by atoms with van der Waals surface area (Å²) < 4.78 is 44.7. The Morgan fingerprint density at radius 1 is 1.12 bits per heavy atom. The minimum atomic E-state index is -3.93. The molecule has 0 saturated carbocycles. The molecule has 1 fully saturated rings. The predicted octanol–water partition coefficient (Wildman–Crippen LogP) is 4.17. The maximum Gasteiger partial charge on any atom is 0.284 e. The van der Waals surface area contributed by atoms with Gasteiger partial charge in [0, 0.05) is 25.7 Å². The van der Waals surface area contributed by atoms with E-state index in [1.54, 1.807) is 31.2 Å². The molecule has 10 heteroatoms. The number of sulfonamides is 1. The molecule has 4 rings (SSSR count). The number of hydrogen-bond donors (Lipinski definition) is 1. The largest absolute Gasteiger partial charge is 0.362 e. The van der Waals surface area contributed by atoms with E-state index < -0.39 is 15.9 Å². The van der Waals surface area contributed by atoms with Gasteiger partial charge < -0.3 is 10.2 Å². The molecule has 178 valence electrons. The van der Waals surface area contributed by atoms with Crippen molar-refractivity contribution in [1.29, 1.82) is 0 Å². The molecule has 1 aromatic heterocycles. The quantitative estimate of drug-likeness (QED) is 0.588. The number of nitrogens with zero attached hydrogens (tertiary/aromatic N) is 4. The van der Waals surface area contributed by atoms with Gasteiger partial charge in [0.05, 0.1) is 28.0 Å². The van der Waals surface area contributed by atoms with Crippen LogP contribution < -0.4 is 5.32 Å². The second kappa shape index (κ2) is 9.76. The number of amidine groups is 1. The van der Waals surface area contributed by atoms with Crippen LogP contribution >= 0.6 is 0 Å². The van der Waals surface area contributed by atoms with E-state index in [-0.39, 0.29) is 10.7 Å². The number of benzene rings is 2. The number of anilines is 1. The molecule has 2 heterocycles. The first-order valence-electron chi connectivity index (χ1n) is 11.0. The fourth-order valence-electron chi connectivity index (χ4n) is 3.84. The Hall–Kier alpha value is -3.53. The first-order chi connectivity index (χ1) is 16.2. The highest BCUT2D eigenvalue weighted by Crippen LogP contribution is 2.22. The normalized spacial score (nSPS) is 15.9. The first kappa shape index (κ1) is 23.6. The Balaban J connectivity index is 1.55. The second-order valence-corrected chi connectivity index (χ2v) is 9.83. The highest BCUT2D eigenvalue weighted by atomic mass is 32.2. The molecular formula is C24H26FN5O3S. The Kier molecular flexibility index (Phi) is 6.78. The minimum absolute atomic E-state index is 0.00850. The summed E-state index contributed by atoms with van der Waals surface area (Å²) in [7, 11) is -2.08. The summed E-state index contributed by atoms with van der Waals surface area (Å²) in [5, 5.41) is 6.96. The van der Waals surface area contributed by atoms with Gasteiger partial charge >= 0.3 is 0 Å². The highest BCUT2D eigenvalue weighted by Gasteiger charge is 2.20. The SMILES string of the molecule is Cc1c(C(=O)Nc2cccc(S(=O)(=O)/N=C3\CCCCCN3C)c2)cnn1-c1ccc(F)cc1. The number of carbonyl (C=O) groups excluding carboxylic acids is 1. The van der Waals surface area contributed by atoms with Crippen molar-refractivity contribution in [3.63, 3.8) is 0 Å². The third-order valence-corrected chi connectivity index (χ3v) is 7.08. The van der Waals surface area contributed by atoms with E-state index >= 15 is 0 Å². The molecule has 0 spiro atoms. The summed E-state index contributed by atoms with van der Waals surface area (Å²) in [5.41, 5.74) is 1.83. The summed E-state index contributed by atoms with van der Waals surface area (Å²) in [6.07, 6.45) is 4.99. The van der Waals surface area contributed by atoms with Crippen LogP contribution in [0.4, 0.5) is 10.1 Å². The Bertz CT molecular complexity index is 1330. The van der Waals surface area contributed by atoms with Crippen molar-refractivity contribution < 1.29 is 17.6 Å². The van der Waals surface area contributed by atoms with Crippen LogP contribution in [0.15, 0.2) is 64.0 Å². The molecule has 1 saturated heterocycles. The van der Waals surface area contributed by atoms with Crippen molar-refractivity contribution in [2.45, 2.75) is 37.5 Å². The summed E-state index contributed by atoms with van der Waals surface area (Å²) >= 11 is 0. The van der Waals surface area contributed by atoms with Crippen LogP contribution in [0.2, 0.25) is 0 Å². The van der Waals surface area contributed by atoms with Gasteiger partial charge in [-0.25, -0.2) is 9.07 Å². The van der Waals surface area contributed by atoms with E-state index in [0.717, 1.165) is 25.8 Å². The van der Waals surface area contributed by atoms with E-state index in [1.807, 2.05) is 11.9 Å². The Labute approximate surface area is 198 Å². The zero-order valence-corrected chi connectivity index (χ0v) is 19.8. The smallest absolute Gasteiger partial charge is 0.284 e. The first-order valence-corrected chi connectivity index (χ1v) is 12.5. The van der Waals surface area contributed by atoms with E-state index in [9.17, 15) is 17.6 Å². The number of carbonyl (C=O) groups is 1. The van der Waals surface area contributed by atoms with Crippen LogP contribution in [0, 0.1) is 12.7 Å². The molecular weight excluding hydrogens is 457 g/mol. The Morgan fingerprint density at radius 3 is 2.65 bits per heavy atom. The molecule has 0 aliphatic carbocycles. The fourth-order valence-corrected chi connectivity index (χ4v) is 4.98. The molecule has 0 unspecified atom stereocenters. The van der Waals surface area contributed by atoms with Gasteiger partial charge in [-0.15, -0.1) is 4.40 Å². The maximum absolute atomic E-state index is 13.2. The second-order valence-electron chi connectivity index (χ2n) is 8.23. The monoisotopic (exact) mass is 483 g/mol. The van der Waals surface area contributed by atoms with Crippen LogP contribution in [0.3, 0.4) is 0 Å². The third-order valence-electron chi connectivity index (χ3n) is 5.78. The van der Waals surface area contributed by atoms with Crippen molar-refractivity contribution in [3.05, 3.63) is 71.8 Å². The molecule has 1 amide bonds. The molecule has 0 bridgehead atoms. The summed E-state index contributed by atoms with van der Waals surface area (Å²) in [6, 6.07) is 11.8. The number of halogens is 1. The summed E-state index contributed by atoms with van der Waals surface area (Å²) in [6.45, 7) is 2.50. The molecule has 1 aliphatic rings. The summed E-state index contributed by atoms with van der Waals surface area (Å²) in [4.78, 5) is 14.8. The highest BCUT2D eigenvalue weighted by molar-refractivity contribution is 7.90. The fraction of sp³-hybridized carbons (Fsp3) is 0.292. The molecule has 3 aromatic rings. The number of aromatic nitrogens is 2. The average molecular weight is 484 g/mol. The van der Waals surface area contributed by atoms with Gasteiger partial charge in [-0.05, 0) is 62.2 Å². The lowest BCUT2D eigenvalue weighted by Gasteiger charge is -2.17. The van der Waals surface area contributed by atoms with Crippen molar-refractivity contribution in [2.24, 2.45) is 4.40 Å².